The Morgan fingerprint density at radius 2 is 1.95 bits per heavy atom. The van der Waals surface area contributed by atoms with Gasteiger partial charge in [-0.1, -0.05) is 23.0 Å². The number of rotatable bonds is 6. The average Bonchev–Trinajstić information content (AvgIpc) is 2.44. The van der Waals surface area contributed by atoms with Crippen molar-refractivity contribution in [2.45, 2.75) is 36.3 Å². The summed E-state index contributed by atoms with van der Waals surface area (Å²) in [5.41, 5.74) is -1.15. The molecule has 0 spiro atoms. The molecule has 1 rings (SSSR count). The summed E-state index contributed by atoms with van der Waals surface area (Å²) in [5, 5.41) is 41.3. The molecule has 0 radical (unpaired) electrons. The van der Waals surface area contributed by atoms with Crippen LogP contribution in [0.5, 0.6) is 0 Å². The predicted molar refractivity (Wildman–Crippen MR) is 76.2 cm³/mol. The maximum absolute atomic E-state index is 10.5. The number of hydrogen-bond acceptors (Lipinski definition) is 10. The van der Waals surface area contributed by atoms with Crippen molar-refractivity contribution >= 4 is 27.2 Å². The second kappa shape index (κ2) is 8.21. The van der Waals surface area contributed by atoms with Gasteiger partial charge in [0.15, 0.2) is 0 Å². The van der Waals surface area contributed by atoms with Gasteiger partial charge in [0.1, 0.15) is 34.9 Å². The zero-order valence-corrected chi connectivity index (χ0v) is 12.9. The van der Waals surface area contributed by atoms with Crippen molar-refractivity contribution in [3.05, 3.63) is 12.7 Å². The van der Waals surface area contributed by atoms with Gasteiger partial charge < -0.3 is 25.2 Å². The van der Waals surface area contributed by atoms with E-state index in [-0.39, 0.29) is 11.5 Å². The Bertz CT molecular complexity index is 507. The van der Waals surface area contributed by atoms with E-state index in [0.29, 0.717) is 11.8 Å². The lowest BCUT2D eigenvalue weighted by Crippen LogP contribution is -2.57. The molecule has 5 atom stereocenters. The lowest BCUT2D eigenvalue weighted by atomic mass is 10.0. The third kappa shape index (κ3) is 5.48. The average molecular weight is 359 g/mol. The lowest BCUT2D eigenvalue weighted by Gasteiger charge is -2.39. The molecule has 5 N–H and O–H groups in total. The largest absolute Gasteiger partial charge is 0.466 e. The van der Waals surface area contributed by atoms with E-state index < -0.39 is 46.9 Å². The van der Waals surface area contributed by atoms with Crippen LogP contribution >= 0.6 is 11.8 Å². The van der Waals surface area contributed by atoms with Crippen molar-refractivity contribution in [3.8, 4) is 0 Å². The molecule has 0 saturated carbocycles. The molecule has 1 aliphatic heterocycles. The molecule has 0 bridgehead atoms. The van der Waals surface area contributed by atoms with E-state index in [0.717, 1.165) is 0 Å². The first-order valence-corrected chi connectivity index (χ1v) is 8.25. The number of aliphatic hydroxyl groups excluding tert-OH is 4. The Morgan fingerprint density at radius 1 is 1.32 bits per heavy atom. The van der Waals surface area contributed by atoms with Crippen LogP contribution < -0.4 is 0 Å². The van der Waals surface area contributed by atoms with E-state index in [1.807, 2.05) is 0 Å². The minimum atomic E-state index is -4.79. The van der Waals surface area contributed by atoms with Crippen molar-refractivity contribution in [2.75, 3.05) is 6.61 Å². The van der Waals surface area contributed by atoms with E-state index >= 15 is 0 Å². The van der Waals surface area contributed by atoms with Gasteiger partial charge in [-0.15, -0.1) is 6.58 Å². The fraction of sp³-hybridized carbons (Fsp3) is 0.700. The second-order valence-electron chi connectivity index (χ2n) is 4.30. The van der Waals surface area contributed by atoms with Gasteiger partial charge in [0.05, 0.1) is 6.61 Å². The number of ether oxygens (including phenoxy) is 1. The SMILES string of the molecule is C=CC/C(=N/OS(=O)(=O)O)S[C@@H]1OC(CO)[C@H](O)[C@H](O)C1O. The molecular weight excluding hydrogens is 342 g/mol. The summed E-state index contributed by atoms with van der Waals surface area (Å²) in [6.45, 7) is 2.82. The van der Waals surface area contributed by atoms with E-state index in [1.165, 1.54) is 6.08 Å². The molecule has 12 heteroatoms. The van der Waals surface area contributed by atoms with Gasteiger partial charge in [0.25, 0.3) is 0 Å². The molecule has 128 valence electrons. The fourth-order valence-corrected chi connectivity index (χ4v) is 2.91. The molecule has 0 aromatic rings. The Morgan fingerprint density at radius 3 is 2.45 bits per heavy atom. The molecule has 0 aromatic heterocycles. The molecule has 0 aliphatic carbocycles. The van der Waals surface area contributed by atoms with Crippen molar-refractivity contribution in [3.63, 3.8) is 0 Å². The highest BCUT2D eigenvalue weighted by molar-refractivity contribution is 8.14. The van der Waals surface area contributed by atoms with E-state index in [1.54, 1.807) is 0 Å². The number of allylic oxidation sites excluding steroid dienone is 1. The van der Waals surface area contributed by atoms with Crippen LogP contribution in [0.2, 0.25) is 0 Å². The van der Waals surface area contributed by atoms with E-state index in [4.69, 9.17) is 14.4 Å². The van der Waals surface area contributed by atoms with Gasteiger partial charge in [-0.25, -0.2) is 4.28 Å². The van der Waals surface area contributed by atoms with Gasteiger partial charge >= 0.3 is 10.4 Å². The van der Waals surface area contributed by atoms with Gasteiger partial charge in [-0.05, 0) is 0 Å². The van der Waals surface area contributed by atoms with Crippen molar-refractivity contribution in [2.24, 2.45) is 5.16 Å². The number of nitrogens with zero attached hydrogens (tertiary/aromatic N) is 1. The minimum Gasteiger partial charge on any atom is -0.394 e. The first-order chi connectivity index (χ1) is 10.2. The monoisotopic (exact) mass is 359 g/mol. The molecule has 1 aliphatic rings. The Balaban J connectivity index is 2.85. The second-order valence-corrected chi connectivity index (χ2v) is 6.47. The maximum atomic E-state index is 10.5. The maximum Gasteiger partial charge on any atom is 0.466 e. The van der Waals surface area contributed by atoms with Crippen LogP contribution in [0.3, 0.4) is 0 Å². The van der Waals surface area contributed by atoms with Crippen LogP contribution in [0.4, 0.5) is 0 Å². The first-order valence-electron chi connectivity index (χ1n) is 6.00. The topological polar surface area (TPSA) is 166 Å². The summed E-state index contributed by atoms with van der Waals surface area (Å²) >= 11 is 0.688. The van der Waals surface area contributed by atoms with Gasteiger partial charge in [-0.3, -0.25) is 4.55 Å². The predicted octanol–water partition coefficient (Wildman–Crippen LogP) is -1.77. The van der Waals surface area contributed by atoms with Crippen LogP contribution in [0.25, 0.3) is 0 Å². The molecular formula is C10H17NO9S2. The lowest BCUT2D eigenvalue weighted by molar-refractivity contribution is -0.205. The van der Waals surface area contributed by atoms with Crippen LogP contribution in [-0.2, 0) is 19.4 Å². The summed E-state index contributed by atoms with van der Waals surface area (Å²) in [6.07, 6.45) is -4.34. The standard InChI is InChI=1S/C10H17NO9S2/c1-2-3-6(11-20-22(16,17)18)21-10-9(15)8(14)7(13)5(4-12)19-10/h2,5,7-10,12-15H,1,3-4H2,(H,16,17,18)/b11-6-/t5?,7-,8-,9?,10-/m0/s1. The Labute approximate surface area is 131 Å². The van der Waals surface area contributed by atoms with Crippen LogP contribution in [0.15, 0.2) is 17.8 Å². The zero-order chi connectivity index (χ0) is 16.9. The third-order valence-corrected chi connectivity index (χ3v) is 4.05. The van der Waals surface area contributed by atoms with Gasteiger partial charge in [0, 0.05) is 6.42 Å². The molecule has 1 saturated heterocycles. The molecule has 10 nitrogen and oxygen atoms in total. The van der Waals surface area contributed by atoms with Crippen LogP contribution in [0, 0.1) is 0 Å². The Kier molecular flexibility index (Phi) is 7.21. The van der Waals surface area contributed by atoms with Crippen molar-refractivity contribution in [1.82, 2.24) is 0 Å². The summed E-state index contributed by atoms with van der Waals surface area (Å²) in [5.74, 6) is 0. The highest BCUT2D eigenvalue weighted by Gasteiger charge is 2.44. The quantitative estimate of drug-likeness (QED) is 0.120. The number of aliphatic hydroxyl groups is 4. The van der Waals surface area contributed by atoms with Crippen LogP contribution in [-0.4, -0.2) is 74.9 Å². The van der Waals surface area contributed by atoms with Gasteiger partial charge in [-0.2, -0.15) is 8.42 Å². The van der Waals surface area contributed by atoms with Crippen LogP contribution in [0.1, 0.15) is 6.42 Å². The molecule has 0 aromatic carbocycles. The number of hydrogen-bond donors (Lipinski definition) is 5. The summed E-state index contributed by atoms with van der Waals surface area (Å²) in [6, 6.07) is 0. The zero-order valence-electron chi connectivity index (χ0n) is 11.2. The number of thioether (sulfide) groups is 1. The summed E-state index contributed by atoms with van der Waals surface area (Å²) in [7, 11) is -4.79. The summed E-state index contributed by atoms with van der Waals surface area (Å²) in [4.78, 5) is 0. The fourth-order valence-electron chi connectivity index (χ4n) is 1.62. The minimum absolute atomic E-state index is 0.0230. The first kappa shape index (κ1) is 19.3. The van der Waals surface area contributed by atoms with Gasteiger partial charge in [0.2, 0.25) is 0 Å². The molecule has 1 heterocycles. The smallest absolute Gasteiger partial charge is 0.394 e. The highest BCUT2D eigenvalue weighted by atomic mass is 32.3. The van der Waals surface area contributed by atoms with Crippen molar-refractivity contribution < 1.29 is 42.4 Å². The molecule has 22 heavy (non-hydrogen) atoms. The molecule has 0 amide bonds. The molecule has 2 unspecified atom stereocenters. The van der Waals surface area contributed by atoms with E-state index in [2.05, 4.69) is 16.0 Å². The molecule has 1 fully saturated rings. The third-order valence-electron chi connectivity index (χ3n) is 2.65. The van der Waals surface area contributed by atoms with Crippen molar-refractivity contribution in [1.29, 1.82) is 0 Å². The summed E-state index contributed by atoms with van der Waals surface area (Å²) < 4.78 is 38.5. The number of oxime groups is 1. The highest BCUT2D eigenvalue weighted by Crippen LogP contribution is 2.30. The van der Waals surface area contributed by atoms with E-state index in [9.17, 15) is 23.7 Å². The normalized spacial score (nSPS) is 33.5. The Hall–Kier alpha value is -0.730.